The van der Waals surface area contributed by atoms with Crippen LogP contribution in [-0.2, 0) is 9.53 Å². The number of ether oxygens (including phenoxy) is 1. The van der Waals surface area contributed by atoms with Crippen LogP contribution in [0.2, 0.25) is 0 Å². The van der Waals surface area contributed by atoms with Crippen molar-refractivity contribution in [3.8, 4) is 0 Å². The van der Waals surface area contributed by atoms with Crippen LogP contribution in [0.3, 0.4) is 0 Å². The number of urea groups is 1. The lowest BCUT2D eigenvalue weighted by Crippen LogP contribution is -2.48. The van der Waals surface area contributed by atoms with Gasteiger partial charge in [-0.15, -0.1) is 0 Å². The molecule has 0 bridgehead atoms. The second-order valence-electron chi connectivity index (χ2n) is 4.64. The number of hydrogen-bond donors (Lipinski definition) is 1. The highest BCUT2D eigenvalue weighted by Crippen LogP contribution is 2.17. The zero-order valence-electron chi connectivity index (χ0n) is 10.9. The number of nitrogens with one attached hydrogen (secondary N) is 1. The minimum atomic E-state index is -0.186. The monoisotopic (exact) mass is 242 g/mol. The quantitative estimate of drug-likeness (QED) is 0.761. The Morgan fingerprint density at radius 3 is 2.76 bits per heavy atom. The Labute approximate surface area is 102 Å². The number of carbonyl (C=O) groups is 2. The summed E-state index contributed by atoms with van der Waals surface area (Å²) in [4.78, 5) is 25.1. The number of carbonyl (C=O) groups excluding carboxylic acids is 2. The maximum Gasteiger partial charge on any atom is 0.317 e. The van der Waals surface area contributed by atoms with Crippen LogP contribution in [0.5, 0.6) is 0 Å². The Balaban J connectivity index is 2.48. The summed E-state index contributed by atoms with van der Waals surface area (Å²) >= 11 is 0. The fraction of sp³-hybridized carbons (Fsp3) is 0.833. The summed E-state index contributed by atoms with van der Waals surface area (Å²) < 4.78 is 4.99. The smallest absolute Gasteiger partial charge is 0.317 e. The van der Waals surface area contributed by atoms with E-state index in [1.165, 1.54) is 0 Å². The SMILES string of the molecule is CCOC(=O)[C@@H]1CCCN(C(=O)NC(C)C)C1. The predicted octanol–water partition coefficient (Wildman–Crippen LogP) is 1.38. The lowest BCUT2D eigenvalue weighted by atomic mass is 9.98. The Bertz CT molecular complexity index is 279. The number of likely N-dealkylation sites (tertiary alicyclic amines) is 1. The predicted molar refractivity (Wildman–Crippen MR) is 64.6 cm³/mol. The third kappa shape index (κ3) is 4.24. The minimum Gasteiger partial charge on any atom is -0.466 e. The Kier molecular flexibility index (Phi) is 5.25. The van der Waals surface area contributed by atoms with E-state index in [4.69, 9.17) is 4.74 Å². The van der Waals surface area contributed by atoms with Gasteiger partial charge in [0.05, 0.1) is 12.5 Å². The summed E-state index contributed by atoms with van der Waals surface area (Å²) in [6.45, 7) is 7.22. The Hall–Kier alpha value is -1.26. The second kappa shape index (κ2) is 6.47. The molecule has 1 atom stereocenters. The van der Waals surface area contributed by atoms with Gasteiger partial charge in [0.25, 0.3) is 0 Å². The topological polar surface area (TPSA) is 58.6 Å². The van der Waals surface area contributed by atoms with Crippen LogP contribution in [-0.4, -0.2) is 42.6 Å². The third-order valence-electron chi connectivity index (χ3n) is 2.74. The van der Waals surface area contributed by atoms with Gasteiger partial charge in [-0.2, -0.15) is 0 Å². The van der Waals surface area contributed by atoms with E-state index in [-0.39, 0.29) is 24.0 Å². The van der Waals surface area contributed by atoms with Crippen LogP contribution in [0.4, 0.5) is 4.79 Å². The molecule has 98 valence electrons. The van der Waals surface area contributed by atoms with Crippen molar-refractivity contribution in [3.05, 3.63) is 0 Å². The molecule has 0 aromatic carbocycles. The summed E-state index contributed by atoms with van der Waals surface area (Å²) in [5.74, 6) is -0.351. The minimum absolute atomic E-state index is 0.0889. The molecule has 0 spiro atoms. The first-order valence-electron chi connectivity index (χ1n) is 6.26. The average Bonchev–Trinajstić information content (AvgIpc) is 2.28. The molecule has 1 aliphatic rings. The van der Waals surface area contributed by atoms with E-state index in [1.54, 1.807) is 11.8 Å². The fourth-order valence-electron chi connectivity index (χ4n) is 1.95. The van der Waals surface area contributed by atoms with Crippen LogP contribution >= 0.6 is 0 Å². The summed E-state index contributed by atoms with van der Waals surface area (Å²) in [6.07, 6.45) is 1.67. The summed E-state index contributed by atoms with van der Waals surface area (Å²) in [5, 5.41) is 2.84. The lowest BCUT2D eigenvalue weighted by molar-refractivity contribution is -0.149. The second-order valence-corrected chi connectivity index (χ2v) is 4.64. The van der Waals surface area contributed by atoms with Crippen LogP contribution in [0.1, 0.15) is 33.6 Å². The molecule has 17 heavy (non-hydrogen) atoms. The molecule has 1 rings (SSSR count). The van der Waals surface area contributed by atoms with Crippen molar-refractivity contribution in [1.29, 1.82) is 0 Å². The van der Waals surface area contributed by atoms with Gasteiger partial charge in [-0.1, -0.05) is 0 Å². The molecule has 0 saturated carbocycles. The summed E-state index contributed by atoms with van der Waals surface area (Å²) in [5.41, 5.74) is 0. The highest BCUT2D eigenvalue weighted by Gasteiger charge is 2.29. The summed E-state index contributed by atoms with van der Waals surface area (Å²) in [6, 6.07) is 0.0273. The molecule has 1 N–H and O–H groups in total. The zero-order valence-corrected chi connectivity index (χ0v) is 10.9. The largest absolute Gasteiger partial charge is 0.466 e. The molecule has 2 amide bonds. The van der Waals surface area contributed by atoms with Crippen LogP contribution in [0.25, 0.3) is 0 Å². The number of piperidine rings is 1. The molecule has 0 aromatic heterocycles. The van der Waals surface area contributed by atoms with Crippen molar-refractivity contribution in [2.75, 3.05) is 19.7 Å². The Morgan fingerprint density at radius 2 is 2.18 bits per heavy atom. The third-order valence-corrected chi connectivity index (χ3v) is 2.74. The molecular weight excluding hydrogens is 220 g/mol. The maximum atomic E-state index is 11.8. The molecule has 0 radical (unpaired) electrons. The normalized spacial score (nSPS) is 20.2. The van der Waals surface area contributed by atoms with Crippen molar-refractivity contribution in [2.45, 2.75) is 39.7 Å². The van der Waals surface area contributed by atoms with E-state index in [1.807, 2.05) is 13.8 Å². The Morgan fingerprint density at radius 1 is 1.47 bits per heavy atom. The molecule has 1 aliphatic heterocycles. The van der Waals surface area contributed by atoms with Crippen molar-refractivity contribution in [1.82, 2.24) is 10.2 Å². The fourth-order valence-corrected chi connectivity index (χ4v) is 1.95. The molecule has 0 aliphatic carbocycles. The van der Waals surface area contributed by atoms with Gasteiger partial charge in [-0.25, -0.2) is 4.79 Å². The van der Waals surface area contributed by atoms with Crippen molar-refractivity contribution >= 4 is 12.0 Å². The number of hydrogen-bond acceptors (Lipinski definition) is 3. The first kappa shape index (κ1) is 13.8. The number of nitrogens with zero attached hydrogens (tertiary/aromatic N) is 1. The van der Waals surface area contributed by atoms with Crippen molar-refractivity contribution in [3.63, 3.8) is 0 Å². The molecule has 1 fully saturated rings. The molecule has 5 nitrogen and oxygen atoms in total. The number of rotatable bonds is 3. The van der Waals surface area contributed by atoms with Gasteiger partial charge in [0.15, 0.2) is 0 Å². The van der Waals surface area contributed by atoms with Gasteiger partial charge < -0.3 is 15.0 Å². The lowest BCUT2D eigenvalue weighted by Gasteiger charge is -2.32. The van der Waals surface area contributed by atoms with Gasteiger partial charge >= 0.3 is 12.0 Å². The number of amides is 2. The number of esters is 1. The van der Waals surface area contributed by atoms with Crippen LogP contribution in [0.15, 0.2) is 0 Å². The van der Waals surface area contributed by atoms with Crippen LogP contribution in [0, 0.1) is 5.92 Å². The maximum absolute atomic E-state index is 11.8. The van der Waals surface area contributed by atoms with E-state index in [2.05, 4.69) is 5.32 Å². The first-order valence-corrected chi connectivity index (χ1v) is 6.26. The van der Waals surface area contributed by atoms with E-state index in [0.29, 0.717) is 19.7 Å². The zero-order chi connectivity index (χ0) is 12.8. The molecule has 1 heterocycles. The van der Waals surface area contributed by atoms with Gasteiger partial charge in [0, 0.05) is 19.1 Å². The molecular formula is C12H22N2O3. The molecule has 5 heteroatoms. The molecule has 1 saturated heterocycles. The van der Waals surface area contributed by atoms with Gasteiger partial charge in [0.1, 0.15) is 0 Å². The van der Waals surface area contributed by atoms with Gasteiger partial charge in [-0.05, 0) is 33.6 Å². The van der Waals surface area contributed by atoms with Crippen molar-refractivity contribution in [2.24, 2.45) is 5.92 Å². The van der Waals surface area contributed by atoms with Gasteiger partial charge in [0.2, 0.25) is 0 Å². The standard InChI is InChI=1S/C12H22N2O3/c1-4-17-11(15)10-6-5-7-14(8-10)12(16)13-9(2)3/h9-10H,4-8H2,1-3H3,(H,13,16)/t10-/m1/s1. The van der Waals surface area contributed by atoms with E-state index < -0.39 is 0 Å². The average molecular weight is 242 g/mol. The highest BCUT2D eigenvalue weighted by atomic mass is 16.5. The molecule has 0 aromatic rings. The highest BCUT2D eigenvalue weighted by molar-refractivity contribution is 5.77. The summed E-state index contributed by atoms with van der Waals surface area (Å²) in [7, 11) is 0. The van der Waals surface area contributed by atoms with Crippen molar-refractivity contribution < 1.29 is 14.3 Å². The van der Waals surface area contributed by atoms with E-state index in [0.717, 1.165) is 12.8 Å². The van der Waals surface area contributed by atoms with Gasteiger partial charge in [-0.3, -0.25) is 4.79 Å². The first-order chi connectivity index (χ1) is 8.04. The van der Waals surface area contributed by atoms with E-state index >= 15 is 0 Å². The molecule has 0 unspecified atom stereocenters. The van der Waals surface area contributed by atoms with Crippen LogP contribution < -0.4 is 5.32 Å². The van der Waals surface area contributed by atoms with E-state index in [9.17, 15) is 9.59 Å².